The third kappa shape index (κ3) is 1.92. The van der Waals surface area contributed by atoms with Gasteiger partial charge in [-0.2, -0.15) is 0 Å². The van der Waals surface area contributed by atoms with Crippen molar-refractivity contribution in [3.05, 3.63) is 40.1 Å². The van der Waals surface area contributed by atoms with Crippen LogP contribution in [-0.2, 0) is 6.42 Å². The lowest BCUT2D eigenvalue weighted by Gasteiger charge is -2.00. The van der Waals surface area contributed by atoms with Crippen molar-refractivity contribution in [3.8, 4) is 11.1 Å². The summed E-state index contributed by atoms with van der Waals surface area (Å²) in [6.45, 7) is 4.21. The second kappa shape index (κ2) is 4.11. The van der Waals surface area contributed by atoms with Crippen LogP contribution < -0.4 is 0 Å². The Hall–Kier alpha value is -1.22. The Morgan fingerprint density at radius 3 is 2.80 bits per heavy atom. The van der Waals surface area contributed by atoms with Crippen molar-refractivity contribution in [2.45, 2.75) is 20.3 Å². The molecule has 0 aliphatic heterocycles. The molecule has 0 saturated carbocycles. The largest absolute Gasteiger partial charge is 0.261 e. The zero-order valence-corrected chi connectivity index (χ0v) is 9.57. The topological polar surface area (TPSA) is 12.9 Å². The second-order valence-corrected chi connectivity index (χ2v) is 4.41. The van der Waals surface area contributed by atoms with Gasteiger partial charge in [-0.25, -0.2) is 4.39 Å². The predicted molar refractivity (Wildman–Crippen MR) is 61.6 cm³/mol. The number of aromatic nitrogens is 1. The number of halogens is 1. The van der Waals surface area contributed by atoms with E-state index in [-0.39, 0.29) is 5.82 Å². The van der Waals surface area contributed by atoms with Crippen LogP contribution in [0.2, 0.25) is 0 Å². The molecule has 0 aromatic carbocycles. The normalized spacial score (nSPS) is 10.6. The van der Waals surface area contributed by atoms with E-state index in [1.165, 1.54) is 22.7 Å². The van der Waals surface area contributed by atoms with Crippen LogP contribution in [0.5, 0.6) is 0 Å². The van der Waals surface area contributed by atoms with Crippen molar-refractivity contribution < 1.29 is 4.39 Å². The van der Waals surface area contributed by atoms with Gasteiger partial charge in [-0.05, 0) is 35.9 Å². The molecule has 0 radical (unpaired) electrons. The van der Waals surface area contributed by atoms with Gasteiger partial charge in [0.2, 0.25) is 0 Å². The lowest BCUT2D eigenvalue weighted by molar-refractivity contribution is 0.622. The summed E-state index contributed by atoms with van der Waals surface area (Å²) in [7, 11) is 0. The smallest absolute Gasteiger partial charge is 0.142 e. The van der Waals surface area contributed by atoms with Crippen LogP contribution in [0.3, 0.4) is 0 Å². The van der Waals surface area contributed by atoms with Gasteiger partial charge in [-0.15, -0.1) is 11.3 Å². The minimum absolute atomic E-state index is 0.281. The monoisotopic (exact) mass is 221 g/mol. The number of pyridine rings is 1. The van der Waals surface area contributed by atoms with Crippen molar-refractivity contribution in [1.82, 2.24) is 4.98 Å². The SMILES string of the molecule is CCc1scc(-c2cncc(F)c2)c1C. The van der Waals surface area contributed by atoms with Crippen LogP contribution >= 0.6 is 11.3 Å². The second-order valence-electron chi connectivity index (χ2n) is 3.44. The summed E-state index contributed by atoms with van der Waals surface area (Å²) in [6, 6.07) is 1.53. The Kier molecular flexibility index (Phi) is 2.82. The van der Waals surface area contributed by atoms with Crippen LogP contribution in [0.15, 0.2) is 23.8 Å². The van der Waals surface area contributed by atoms with Crippen molar-refractivity contribution >= 4 is 11.3 Å². The fraction of sp³-hybridized carbons (Fsp3) is 0.250. The Morgan fingerprint density at radius 2 is 2.20 bits per heavy atom. The first-order chi connectivity index (χ1) is 7.22. The maximum atomic E-state index is 13.0. The zero-order valence-electron chi connectivity index (χ0n) is 8.75. The molecule has 0 N–H and O–H groups in total. The van der Waals surface area contributed by atoms with Gasteiger partial charge in [0.1, 0.15) is 5.82 Å². The fourth-order valence-electron chi connectivity index (χ4n) is 1.65. The summed E-state index contributed by atoms with van der Waals surface area (Å²) < 4.78 is 13.0. The quantitative estimate of drug-likeness (QED) is 0.751. The molecule has 2 aromatic rings. The van der Waals surface area contributed by atoms with E-state index in [1.807, 2.05) is 0 Å². The summed E-state index contributed by atoms with van der Waals surface area (Å²) in [5.74, 6) is -0.281. The molecule has 0 fully saturated rings. The first-order valence-electron chi connectivity index (χ1n) is 4.90. The standard InChI is InChI=1S/C12H12FNS/c1-3-12-8(2)11(7-15-12)9-4-10(13)6-14-5-9/h4-7H,3H2,1-2H3. The van der Waals surface area contributed by atoms with Gasteiger partial charge >= 0.3 is 0 Å². The highest BCUT2D eigenvalue weighted by molar-refractivity contribution is 7.10. The van der Waals surface area contributed by atoms with Crippen molar-refractivity contribution in [3.63, 3.8) is 0 Å². The summed E-state index contributed by atoms with van der Waals surface area (Å²) >= 11 is 1.73. The maximum absolute atomic E-state index is 13.0. The molecule has 0 aliphatic carbocycles. The van der Waals surface area contributed by atoms with Crippen LogP contribution in [-0.4, -0.2) is 4.98 Å². The Balaban J connectivity index is 2.49. The highest BCUT2D eigenvalue weighted by Crippen LogP contribution is 2.31. The molecule has 0 bridgehead atoms. The van der Waals surface area contributed by atoms with Gasteiger partial charge < -0.3 is 0 Å². The summed E-state index contributed by atoms with van der Waals surface area (Å²) in [5.41, 5.74) is 3.21. The summed E-state index contributed by atoms with van der Waals surface area (Å²) in [6.07, 6.45) is 3.96. The van der Waals surface area contributed by atoms with Gasteiger partial charge in [0.25, 0.3) is 0 Å². The van der Waals surface area contributed by atoms with E-state index in [4.69, 9.17) is 0 Å². The number of hydrogen-bond donors (Lipinski definition) is 0. The van der Waals surface area contributed by atoms with E-state index in [9.17, 15) is 4.39 Å². The molecular formula is C12H12FNS. The van der Waals surface area contributed by atoms with E-state index in [2.05, 4.69) is 24.2 Å². The van der Waals surface area contributed by atoms with Gasteiger partial charge in [0.05, 0.1) is 6.20 Å². The molecule has 78 valence electrons. The lowest BCUT2D eigenvalue weighted by Crippen LogP contribution is -1.84. The average molecular weight is 221 g/mol. The van der Waals surface area contributed by atoms with E-state index < -0.39 is 0 Å². The predicted octanol–water partition coefficient (Wildman–Crippen LogP) is 3.82. The molecule has 2 heterocycles. The highest BCUT2D eigenvalue weighted by Gasteiger charge is 2.08. The molecule has 15 heavy (non-hydrogen) atoms. The summed E-state index contributed by atoms with van der Waals surface area (Å²) in [5, 5.41) is 2.07. The zero-order chi connectivity index (χ0) is 10.8. The molecule has 0 aliphatic rings. The third-order valence-corrected chi connectivity index (χ3v) is 3.71. The maximum Gasteiger partial charge on any atom is 0.142 e. The molecule has 0 atom stereocenters. The molecule has 2 aromatic heterocycles. The molecule has 3 heteroatoms. The first kappa shape index (κ1) is 10.3. The third-order valence-electron chi connectivity index (χ3n) is 2.48. The Morgan fingerprint density at radius 1 is 1.40 bits per heavy atom. The van der Waals surface area contributed by atoms with E-state index in [0.29, 0.717) is 0 Å². The van der Waals surface area contributed by atoms with Gasteiger partial charge in [-0.3, -0.25) is 4.98 Å². The van der Waals surface area contributed by atoms with Crippen LogP contribution in [0.25, 0.3) is 11.1 Å². The molecule has 2 rings (SSSR count). The lowest BCUT2D eigenvalue weighted by atomic mass is 10.1. The van der Waals surface area contributed by atoms with Crippen LogP contribution in [0.4, 0.5) is 4.39 Å². The average Bonchev–Trinajstić information content (AvgIpc) is 2.59. The molecular weight excluding hydrogens is 209 g/mol. The van der Waals surface area contributed by atoms with E-state index >= 15 is 0 Å². The Bertz CT molecular complexity index is 476. The van der Waals surface area contributed by atoms with Crippen LogP contribution in [0.1, 0.15) is 17.4 Å². The van der Waals surface area contributed by atoms with Crippen molar-refractivity contribution in [1.29, 1.82) is 0 Å². The number of rotatable bonds is 2. The highest BCUT2D eigenvalue weighted by atomic mass is 32.1. The number of hydrogen-bond acceptors (Lipinski definition) is 2. The number of nitrogens with zero attached hydrogens (tertiary/aromatic N) is 1. The molecule has 0 unspecified atom stereocenters. The van der Waals surface area contributed by atoms with Gasteiger partial charge in [0.15, 0.2) is 0 Å². The fourth-order valence-corrected chi connectivity index (χ4v) is 2.68. The molecule has 1 nitrogen and oxygen atoms in total. The minimum Gasteiger partial charge on any atom is -0.261 e. The van der Waals surface area contributed by atoms with E-state index in [1.54, 1.807) is 17.5 Å². The van der Waals surface area contributed by atoms with Gasteiger partial charge in [-0.1, -0.05) is 6.92 Å². The van der Waals surface area contributed by atoms with Crippen molar-refractivity contribution in [2.24, 2.45) is 0 Å². The Labute approximate surface area is 92.6 Å². The van der Waals surface area contributed by atoms with Crippen molar-refractivity contribution in [2.75, 3.05) is 0 Å². The minimum atomic E-state index is -0.281. The molecule has 0 saturated heterocycles. The first-order valence-corrected chi connectivity index (χ1v) is 5.78. The van der Waals surface area contributed by atoms with E-state index in [0.717, 1.165) is 17.5 Å². The molecule has 0 amide bonds. The number of aryl methyl sites for hydroxylation is 1. The van der Waals surface area contributed by atoms with Gasteiger partial charge in [0, 0.05) is 16.6 Å². The van der Waals surface area contributed by atoms with Crippen LogP contribution in [0, 0.1) is 12.7 Å². The number of thiophene rings is 1. The molecule has 0 spiro atoms. The summed E-state index contributed by atoms with van der Waals surface area (Å²) in [4.78, 5) is 5.22.